The lowest BCUT2D eigenvalue weighted by molar-refractivity contribution is 0.0274. The van der Waals surface area contributed by atoms with Crippen molar-refractivity contribution < 1.29 is 14.9 Å². The van der Waals surface area contributed by atoms with Gasteiger partial charge >= 0.3 is 0 Å². The molecule has 3 heteroatoms. The van der Waals surface area contributed by atoms with E-state index in [4.69, 9.17) is 14.9 Å². The molecule has 18 heavy (non-hydrogen) atoms. The summed E-state index contributed by atoms with van der Waals surface area (Å²) in [5.41, 5.74) is 0. The van der Waals surface area contributed by atoms with E-state index >= 15 is 0 Å². The van der Waals surface area contributed by atoms with Crippen molar-refractivity contribution in [3.8, 4) is 0 Å². The smallest absolute Gasteiger partial charge is 0.0491 e. The first-order chi connectivity index (χ1) is 7.99. The Labute approximate surface area is 114 Å². The molecule has 0 aromatic carbocycles. The summed E-state index contributed by atoms with van der Waals surface area (Å²) in [4.78, 5) is 0. The Morgan fingerprint density at radius 3 is 1.61 bits per heavy atom. The maximum atomic E-state index is 8.60. The maximum absolute atomic E-state index is 8.60. The van der Waals surface area contributed by atoms with E-state index in [2.05, 4.69) is 13.8 Å². The molecule has 0 radical (unpaired) electrons. The number of ether oxygens (including phenoxy) is 1. The molecule has 1 aliphatic heterocycles. The van der Waals surface area contributed by atoms with Crippen molar-refractivity contribution in [2.45, 2.75) is 48.0 Å². The lowest BCUT2D eigenvalue weighted by atomic mass is 9.96. The molecule has 0 spiro atoms. The van der Waals surface area contributed by atoms with Crippen LogP contribution in [0, 0.1) is 23.7 Å². The van der Waals surface area contributed by atoms with Crippen LogP contribution in [-0.4, -0.2) is 36.6 Å². The van der Waals surface area contributed by atoms with Crippen molar-refractivity contribution in [2.75, 3.05) is 26.4 Å². The molecule has 0 aliphatic carbocycles. The molecule has 4 unspecified atom stereocenters. The Bertz CT molecular complexity index is 157. The fourth-order valence-corrected chi connectivity index (χ4v) is 2.13. The third kappa shape index (κ3) is 11.0. The van der Waals surface area contributed by atoms with Gasteiger partial charge in [-0.15, -0.1) is 0 Å². The van der Waals surface area contributed by atoms with Gasteiger partial charge in [0, 0.05) is 26.4 Å². The fourth-order valence-electron chi connectivity index (χ4n) is 2.13. The summed E-state index contributed by atoms with van der Waals surface area (Å²) in [6.07, 6.45) is 2.26. The highest BCUT2D eigenvalue weighted by molar-refractivity contribution is 4.62. The van der Waals surface area contributed by atoms with Crippen LogP contribution in [-0.2, 0) is 4.74 Å². The highest BCUT2D eigenvalue weighted by atomic mass is 16.5. The number of hydrogen-bond donors (Lipinski definition) is 2. The molecule has 1 heterocycles. The van der Waals surface area contributed by atoms with Crippen LogP contribution in [0.1, 0.15) is 48.0 Å². The van der Waals surface area contributed by atoms with E-state index in [0.29, 0.717) is 11.8 Å². The van der Waals surface area contributed by atoms with Crippen LogP contribution in [0.2, 0.25) is 0 Å². The monoisotopic (exact) mass is 262 g/mol. The van der Waals surface area contributed by atoms with E-state index in [1.165, 1.54) is 6.42 Å². The molecule has 0 aromatic heterocycles. The van der Waals surface area contributed by atoms with Gasteiger partial charge in [0.05, 0.1) is 0 Å². The molecule has 3 nitrogen and oxygen atoms in total. The van der Waals surface area contributed by atoms with Gasteiger partial charge in [-0.1, -0.05) is 35.1 Å². The Kier molecular flexibility index (Phi) is 13.4. The number of hydrogen-bond acceptors (Lipinski definition) is 3. The Morgan fingerprint density at radius 1 is 1.00 bits per heavy atom. The van der Waals surface area contributed by atoms with Gasteiger partial charge in [-0.2, -0.15) is 0 Å². The maximum Gasteiger partial charge on any atom is 0.0491 e. The molecule has 0 bridgehead atoms. The Hall–Kier alpha value is -0.120. The molecule has 1 fully saturated rings. The minimum absolute atomic E-state index is 0. The van der Waals surface area contributed by atoms with Crippen LogP contribution >= 0.6 is 0 Å². The van der Waals surface area contributed by atoms with E-state index in [1.54, 1.807) is 0 Å². The van der Waals surface area contributed by atoms with E-state index < -0.39 is 0 Å². The zero-order chi connectivity index (χ0) is 13.3. The SMILES string of the molecule is C.CC(CO)CC(C)CO.CC1COCC(C)C1. The number of rotatable bonds is 4. The minimum atomic E-state index is 0. The third-order valence-corrected chi connectivity index (χ3v) is 3.04. The summed E-state index contributed by atoms with van der Waals surface area (Å²) in [6, 6.07) is 0. The summed E-state index contributed by atoms with van der Waals surface area (Å²) >= 11 is 0. The summed E-state index contributed by atoms with van der Waals surface area (Å²) in [7, 11) is 0. The zero-order valence-corrected chi connectivity index (χ0v) is 11.9. The molecule has 0 amide bonds. The summed E-state index contributed by atoms with van der Waals surface area (Å²) in [5.74, 6) is 2.23. The molecular formula is C15H34O3. The molecule has 4 atom stereocenters. The van der Waals surface area contributed by atoms with Gasteiger partial charge in [0.25, 0.3) is 0 Å². The first-order valence-electron chi connectivity index (χ1n) is 6.79. The van der Waals surface area contributed by atoms with Gasteiger partial charge in [0.2, 0.25) is 0 Å². The van der Waals surface area contributed by atoms with Crippen LogP contribution in [0.15, 0.2) is 0 Å². The summed E-state index contributed by atoms with van der Waals surface area (Å²) < 4.78 is 5.29. The number of aliphatic hydroxyl groups is 2. The van der Waals surface area contributed by atoms with Gasteiger partial charge in [0.15, 0.2) is 0 Å². The van der Waals surface area contributed by atoms with Crippen LogP contribution in [0.25, 0.3) is 0 Å². The lowest BCUT2D eigenvalue weighted by Crippen LogP contribution is -2.21. The van der Waals surface area contributed by atoms with Crippen molar-refractivity contribution in [2.24, 2.45) is 23.7 Å². The van der Waals surface area contributed by atoms with Crippen molar-refractivity contribution in [1.82, 2.24) is 0 Å². The quantitative estimate of drug-likeness (QED) is 0.819. The Balaban J connectivity index is 0. The molecule has 1 aliphatic rings. The van der Waals surface area contributed by atoms with Crippen molar-refractivity contribution >= 4 is 0 Å². The second kappa shape index (κ2) is 11.9. The van der Waals surface area contributed by atoms with Gasteiger partial charge in [0.1, 0.15) is 0 Å². The highest BCUT2D eigenvalue weighted by Gasteiger charge is 2.14. The van der Waals surface area contributed by atoms with Gasteiger partial charge < -0.3 is 14.9 Å². The third-order valence-electron chi connectivity index (χ3n) is 3.04. The molecule has 0 saturated carbocycles. The normalized spacial score (nSPS) is 26.3. The average Bonchev–Trinajstić information content (AvgIpc) is 2.29. The van der Waals surface area contributed by atoms with Crippen LogP contribution < -0.4 is 0 Å². The highest BCUT2D eigenvalue weighted by Crippen LogP contribution is 2.17. The second-order valence-corrected chi connectivity index (χ2v) is 5.79. The standard InChI is InChI=1S/C7H16O2.C7H14O.CH4/c1-6(4-8)3-7(2)5-9;1-6-3-7(2)5-8-4-6;/h6-9H,3-5H2,1-2H3;6-7H,3-5H2,1-2H3;1H4. The predicted octanol–water partition coefficient (Wildman–Crippen LogP) is 2.95. The fraction of sp³-hybridized carbons (Fsp3) is 1.00. The molecular weight excluding hydrogens is 228 g/mol. The average molecular weight is 262 g/mol. The second-order valence-electron chi connectivity index (χ2n) is 5.79. The van der Waals surface area contributed by atoms with Crippen LogP contribution in [0.3, 0.4) is 0 Å². The van der Waals surface area contributed by atoms with Gasteiger partial charge in [-0.3, -0.25) is 0 Å². The molecule has 1 saturated heterocycles. The van der Waals surface area contributed by atoms with Crippen molar-refractivity contribution in [1.29, 1.82) is 0 Å². The first-order valence-corrected chi connectivity index (χ1v) is 6.79. The molecule has 2 N–H and O–H groups in total. The van der Waals surface area contributed by atoms with Gasteiger partial charge in [-0.25, -0.2) is 0 Å². The van der Waals surface area contributed by atoms with E-state index in [0.717, 1.165) is 31.5 Å². The Morgan fingerprint density at radius 2 is 1.39 bits per heavy atom. The summed E-state index contributed by atoms with van der Waals surface area (Å²) in [6.45, 7) is 10.9. The zero-order valence-electron chi connectivity index (χ0n) is 11.9. The van der Waals surface area contributed by atoms with Crippen molar-refractivity contribution in [3.63, 3.8) is 0 Å². The molecule has 1 rings (SSSR count). The summed E-state index contributed by atoms with van der Waals surface area (Å²) in [5, 5.41) is 17.2. The lowest BCUT2D eigenvalue weighted by Gasteiger charge is -2.23. The minimum Gasteiger partial charge on any atom is -0.396 e. The predicted molar refractivity (Wildman–Crippen MR) is 77.6 cm³/mol. The largest absolute Gasteiger partial charge is 0.396 e. The van der Waals surface area contributed by atoms with Crippen LogP contribution in [0.5, 0.6) is 0 Å². The van der Waals surface area contributed by atoms with E-state index in [1.807, 2.05) is 13.8 Å². The topological polar surface area (TPSA) is 49.7 Å². The number of aliphatic hydroxyl groups excluding tert-OH is 2. The molecule has 0 aromatic rings. The molecule has 112 valence electrons. The van der Waals surface area contributed by atoms with Crippen molar-refractivity contribution in [3.05, 3.63) is 0 Å². The van der Waals surface area contributed by atoms with E-state index in [-0.39, 0.29) is 20.6 Å². The van der Waals surface area contributed by atoms with Gasteiger partial charge in [-0.05, 0) is 36.5 Å². The van der Waals surface area contributed by atoms with E-state index in [9.17, 15) is 0 Å². The first kappa shape index (κ1) is 20.2. The van der Waals surface area contributed by atoms with Crippen LogP contribution in [0.4, 0.5) is 0 Å².